The van der Waals surface area contributed by atoms with Crippen LogP contribution in [0.15, 0.2) is 0 Å². The summed E-state index contributed by atoms with van der Waals surface area (Å²) in [5.74, 6) is -1.28. The van der Waals surface area contributed by atoms with Crippen LogP contribution in [0.4, 0.5) is 4.79 Å². The molecule has 17 heavy (non-hydrogen) atoms. The molecule has 0 spiro atoms. The number of aliphatic hydroxyl groups excluding tert-OH is 1. The summed E-state index contributed by atoms with van der Waals surface area (Å²) in [6, 6.07) is -0.293. The van der Waals surface area contributed by atoms with Crippen molar-refractivity contribution in [3.05, 3.63) is 0 Å². The Morgan fingerprint density at radius 3 is 2.65 bits per heavy atom. The SMILES string of the molecule is COCCCN(C)C(=O)NCCC(O)C(=O)O. The van der Waals surface area contributed by atoms with Gasteiger partial charge in [-0.2, -0.15) is 0 Å². The average Bonchev–Trinajstić information content (AvgIpc) is 2.28. The van der Waals surface area contributed by atoms with Crippen LogP contribution in [0.25, 0.3) is 0 Å². The average molecular weight is 248 g/mol. The van der Waals surface area contributed by atoms with E-state index in [-0.39, 0.29) is 19.0 Å². The first-order valence-electron chi connectivity index (χ1n) is 5.37. The second-order valence-electron chi connectivity index (χ2n) is 3.64. The van der Waals surface area contributed by atoms with Gasteiger partial charge in [0.05, 0.1) is 0 Å². The van der Waals surface area contributed by atoms with Gasteiger partial charge in [0.1, 0.15) is 0 Å². The Bertz CT molecular complexity index is 247. The van der Waals surface area contributed by atoms with Gasteiger partial charge >= 0.3 is 12.0 Å². The van der Waals surface area contributed by atoms with Gasteiger partial charge in [-0.05, 0) is 6.42 Å². The summed E-state index contributed by atoms with van der Waals surface area (Å²) >= 11 is 0. The van der Waals surface area contributed by atoms with Crippen molar-refractivity contribution in [1.82, 2.24) is 10.2 Å². The van der Waals surface area contributed by atoms with Crippen LogP contribution in [0.3, 0.4) is 0 Å². The van der Waals surface area contributed by atoms with Gasteiger partial charge in [0, 0.05) is 40.3 Å². The second kappa shape index (κ2) is 8.77. The third-order valence-electron chi connectivity index (χ3n) is 2.17. The molecule has 7 nitrogen and oxygen atoms in total. The Balaban J connectivity index is 3.67. The number of rotatable bonds is 8. The third-order valence-corrected chi connectivity index (χ3v) is 2.17. The monoisotopic (exact) mass is 248 g/mol. The molecule has 1 atom stereocenters. The van der Waals surface area contributed by atoms with E-state index in [2.05, 4.69) is 5.32 Å². The van der Waals surface area contributed by atoms with Crippen molar-refractivity contribution >= 4 is 12.0 Å². The third kappa shape index (κ3) is 7.53. The minimum absolute atomic E-state index is 0.00696. The van der Waals surface area contributed by atoms with Crippen molar-refractivity contribution < 1.29 is 24.5 Å². The summed E-state index contributed by atoms with van der Waals surface area (Å²) in [5.41, 5.74) is 0. The fourth-order valence-corrected chi connectivity index (χ4v) is 1.12. The van der Waals surface area contributed by atoms with Gasteiger partial charge in [-0.3, -0.25) is 0 Å². The first kappa shape index (κ1) is 15.7. The highest BCUT2D eigenvalue weighted by atomic mass is 16.5. The molecule has 1 unspecified atom stereocenters. The predicted octanol–water partition coefficient (Wildman–Crippen LogP) is -0.500. The van der Waals surface area contributed by atoms with Crippen LogP contribution < -0.4 is 5.32 Å². The van der Waals surface area contributed by atoms with Crippen LogP contribution in [0.2, 0.25) is 0 Å². The fraction of sp³-hybridized carbons (Fsp3) is 0.800. The van der Waals surface area contributed by atoms with Crippen LogP contribution in [-0.4, -0.2) is 67.1 Å². The van der Waals surface area contributed by atoms with E-state index < -0.39 is 12.1 Å². The molecule has 0 radical (unpaired) electrons. The molecule has 0 aliphatic carbocycles. The van der Waals surface area contributed by atoms with E-state index in [9.17, 15) is 9.59 Å². The lowest BCUT2D eigenvalue weighted by Gasteiger charge is -2.17. The van der Waals surface area contributed by atoms with Crippen LogP contribution in [-0.2, 0) is 9.53 Å². The van der Waals surface area contributed by atoms with Gasteiger partial charge < -0.3 is 25.2 Å². The molecule has 100 valence electrons. The molecule has 0 rings (SSSR count). The summed E-state index contributed by atoms with van der Waals surface area (Å²) in [5, 5.41) is 19.9. The van der Waals surface area contributed by atoms with Gasteiger partial charge in [0.15, 0.2) is 6.10 Å². The molecule has 0 aromatic rings. The number of nitrogens with one attached hydrogen (secondary N) is 1. The van der Waals surface area contributed by atoms with Crippen molar-refractivity contribution in [1.29, 1.82) is 0 Å². The molecule has 2 amide bonds. The summed E-state index contributed by atoms with van der Waals surface area (Å²) < 4.78 is 4.85. The van der Waals surface area contributed by atoms with Crippen molar-refractivity contribution in [2.75, 3.05) is 33.9 Å². The number of hydrogen-bond donors (Lipinski definition) is 3. The molecule has 0 aromatic heterocycles. The lowest BCUT2D eigenvalue weighted by atomic mass is 10.2. The summed E-state index contributed by atoms with van der Waals surface area (Å²) in [4.78, 5) is 23.2. The van der Waals surface area contributed by atoms with Crippen molar-refractivity contribution in [2.24, 2.45) is 0 Å². The number of carboxylic acids is 1. The van der Waals surface area contributed by atoms with E-state index in [1.54, 1.807) is 14.2 Å². The summed E-state index contributed by atoms with van der Waals surface area (Å²) in [6.07, 6.45) is -0.709. The first-order chi connectivity index (χ1) is 7.99. The number of aliphatic carboxylic acids is 1. The Labute approximate surface area is 100 Å². The standard InChI is InChI=1S/C10H20N2O5/c1-12(6-3-7-17-2)10(16)11-5-4-8(13)9(14)15/h8,13H,3-7H2,1-2H3,(H,11,16)(H,14,15). The second-order valence-corrected chi connectivity index (χ2v) is 3.64. The van der Waals surface area contributed by atoms with Crippen LogP contribution in [0.5, 0.6) is 0 Å². The number of carbonyl (C=O) groups is 2. The summed E-state index contributed by atoms with van der Waals surface area (Å²) in [6.45, 7) is 1.26. The molecule has 0 bridgehead atoms. The van der Waals surface area contributed by atoms with E-state index >= 15 is 0 Å². The largest absolute Gasteiger partial charge is 0.479 e. The number of carboxylic acid groups (broad SMARTS) is 1. The quantitative estimate of drug-likeness (QED) is 0.503. The Morgan fingerprint density at radius 1 is 1.47 bits per heavy atom. The van der Waals surface area contributed by atoms with Crippen LogP contribution in [0, 0.1) is 0 Å². The van der Waals surface area contributed by atoms with Crippen molar-refractivity contribution in [3.8, 4) is 0 Å². The summed E-state index contributed by atoms with van der Waals surface area (Å²) in [7, 11) is 3.23. The Kier molecular flexibility index (Phi) is 8.08. The number of hydrogen-bond acceptors (Lipinski definition) is 4. The smallest absolute Gasteiger partial charge is 0.332 e. The minimum Gasteiger partial charge on any atom is -0.479 e. The molecule has 0 saturated heterocycles. The topological polar surface area (TPSA) is 99.1 Å². The minimum atomic E-state index is -1.44. The Hall–Kier alpha value is -1.34. The molecule has 0 heterocycles. The van der Waals surface area contributed by atoms with E-state index in [1.165, 1.54) is 4.90 Å². The highest BCUT2D eigenvalue weighted by Crippen LogP contribution is 1.92. The van der Waals surface area contributed by atoms with Gasteiger partial charge in [-0.1, -0.05) is 0 Å². The molecule has 0 aliphatic heterocycles. The molecule has 0 aliphatic rings. The number of methoxy groups -OCH3 is 1. The van der Waals surface area contributed by atoms with Crippen LogP contribution in [0.1, 0.15) is 12.8 Å². The molecule has 0 fully saturated rings. The number of ether oxygens (including phenoxy) is 1. The van der Waals surface area contributed by atoms with Gasteiger partial charge in [-0.15, -0.1) is 0 Å². The maximum Gasteiger partial charge on any atom is 0.332 e. The van der Waals surface area contributed by atoms with Gasteiger partial charge in [0.2, 0.25) is 0 Å². The van der Waals surface area contributed by atoms with Gasteiger partial charge in [0.25, 0.3) is 0 Å². The lowest BCUT2D eigenvalue weighted by molar-refractivity contribution is -0.146. The fourth-order valence-electron chi connectivity index (χ4n) is 1.12. The maximum absolute atomic E-state index is 11.4. The number of nitrogens with zero attached hydrogens (tertiary/aromatic N) is 1. The molecule has 7 heteroatoms. The van der Waals surface area contributed by atoms with Crippen molar-refractivity contribution in [2.45, 2.75) is 18.9 Å². The van der Waals surface area contributed by atoms with Crippen LogP contribution >= 0.6 is 0 Å². The number of aliphatic hydroxyl groups is 1. The highest BCUT2D eigenvalue weighted by molar-refractivity contribution is 5.74. The zero-order valence-corrected chi connectivity index (χ0v) is 10.2. The van der Waals surface area contributed by atoms with E-state index in [0.29, 0.717) is 13.2 Å². The van der Waals surface area contributed by atoms with E-state index in [4.69, 9.17) is 14.9 Å². The maximum atomic E-state index is 11.4. The first-order valence-corrected chi connectivity index (χ1v) is 5.37. The van der Waals surface area contributed by atoms with Crippen molar-refractivity contribution in [3.63, 3.8) is 0 Å². The molecular weight excluding hydrogens is 228 g/mol. The molecule has 0 saturated carbocycles. The Morgan fingerprint density at radius 2 is 2.12 bits per heavy atom. The highest BCUT2D eigenvalue weighted by Gasteiger charge is 2.13. The normalized spacial score (nSPS) is 11.9. The van der Waals surface area contributed by atoms with Gasteiger partial charge in [-0.25, -0.2) is 9.59 Å². The number of amides is 2. The number of carbonyl (C=O) groups excluding carboxylic acids is 1. The number of urea groups is 1. The van der Waals surface area contributed by atoms with E-state index in [1.807, 2.05) is 0 Å². The predicted molar refractivity (Wildman–Crippen MR) is 60.8 cm³/mol. The molecular formula is C10H20N2O5. The molecule has 0 aromatic carbocycles. The molecule has 3 N–H and O–H groups in total. The zero-order valence-electron chi connectivity index (χ0n) is 10.2. The van der Waals surface area contributed by atoms with E-state index in [0.717, 1.165) is 6.42 Å². The zero-order chi connectivity index (χ0) is 13.3. The lowest BCUT2D eigenvalue weighted by Crippen LogP contribution is -2.39.